The Morgan fingerprint density at radius 1 is 1.11 bits per heavy atom. The van der Waals surface area contributed by atoms with Gasteiger partial charge in [0.2, 0.25) is 0 Å². The Balaban J connectivity index is 1.51. The summed E-state index contributed by atoms with van der Waals surface area (Å²) >= 11 is 6.68. The lowest BCUT2D eigenvalue weighted by Gasteiger charge is -2.43. The van der Waals surface area contributed by atoms with E-state index in [0.717, 1.165) is 43.9 Å². The molecule has 4 rings (SSSR count). The van der Waals surface area contributed by atoms with Crippen molar-refractivity contribution in [2.75, 3.05) is 37.7 Å². The molecule has 0 bridgehead atoms. The highest BCUT2D eigenvalue weighted by atomic mass is 35.5. The first kappa shape index (κ1) is 25.0. The van der Waals surface area contributed by atoms with E-state index in [1.807, 2.05) is 48.5 Å². The van der Waals surface area contributed by atoms with Crippen LogP contribution in [0.25, 0.3) is 0 Å². The third kappa shape index (κ3) is 6.52. The second-order valence-corrected chi connectivity index (χ2v) is 9.30. The van der Waals surface area contributed by atoms with Crippen LogP contribution in [0.15, 0.2) is 66.7 Å². The molecule has 7 heteroatoms. The van der Waals surface area contributed by atoms with Crippen molar-refractivity contribution >= 4 is 17.3 Å². The number of rotatable bonds is 8. The molecule has 3 aromatic carbocycles. The minimum atomic E-state index is -0.561. The summed E-state index contributed by atoms with van der Waals surface area (Å²) in [6.45, 7) is 5.17. The number of benzene rings is 3. The number of ether oxygens (including phenoxy) is 1. The summed E-state index contributed by atoms with van der Waals surface area (Å²) in [6, 6.07) is 22.1. The molecule has 35 heavy (non-hydrogen) atoms. The number of hydrogen-bond donors (Lipinski definition) is 1. The SMILES string of the molecule is C[C@@H](O)COc1ccc(N2CCN(CCc3ccc(C#N)cc3)C[C@H]2c2ccc(F)cc2)c(Cl)c1. The van der Waals surface area contributed by atoms with Crippen LogP contribution < -0.4 is 9.64 Å². The number of halogens is 2. The summed E-state index contributed by atoms with van der Waals surface area (Å²) in [7, 11) is 0. The van der Waals surface area contributed by atoms with Crippen LogP contribution in [-0.4, -0.2) is 48.9 Å². The summed E-state index contributed by atoms with van der Waals surface area (Å²) < 4.78 is 19.3. The average molecular weight is 494 g/mol. The van der Waals surface area contributed by atoms with Crippen molar-refractivity contribution in [3.05, 3.63) is 94.3 Å². The van der Waals surface area contributed by atoms with E-state index in [1.54, 1.807) is 13.0 Å². The molecule has 0 saturated carbocycles. The first-order chi connectivity index (χ1) is 16.9. The van der Waals surface area contributed by atoms with E-state index >= 15 is 0 Å². The van der Waals surface area contributed by atoms with Gasteiger partial charge in [0.15, 0.2) is 0 Å². The van der Waals surface area contributed by atoms with Crippen molar-refractivity contribution in [1.29, 1.82) is 5.26 Å². The molecule has 1 fully saturated rings. The van der Waals surface area contributed by atoms with Gasteiger partial charge in [0.05, 0.1) is 34.5 Å². The van der Waals surface area contributed by atoms with Crippen LogP contribution in [0.1, 0.15) is 29.7 Å². The molecule has 182 valence electrons. The topological polar surface area (TPSA) is 59.7 Å². The second-order valence-electron chi connectivity index (χ2n) is 8.89. The molecule has 2 atom stereocenters. The molecule has 0 aromatic heterocycles. The smallest absolute Gasteiger partial charge is 0.123 e. The molecular formula is C28H29ClFN3O2. The fourth-order valence-corrected chi connectivity index (χ4v) is 4.64. The van der Waals surface area contributed by atoms with E-state index in [0.29, 0.717) is 16.3 Å². The first-order valence-corrected chi connectivity index (χ1v) is 12.1. The number of piperazine rings is 1. The van der Waals surface area contributed by atoms with Gasteiger partial charge in [-0.15, -0.1) is 0 Å². The van der Waals surface area contributed by atoms with Crippen LogP contribution in [0.2, 0.25) is 5.02 Å². The molecule has 1 heterocycles. The highest BCUT2D eigenvalue weighted by molar-refractivity contribution is 6.33. The van der Waals surface area contributed by atoms with Crippen LogP contribution in [0, 0.1) is 17.1 Å². The number of nitrogens with zero attached hydrogens (tertiary/aromatic N) is 3. The molecule has 5 nitrogen and oxygen atoms in total. The maximum absolute atomic E-state index is 13.7. The van der Waals surface area contributed by atoms with Crippen molar-refractivity contribution in [1.82, 2.24) is 4.90 Å². The number of aliphatic hydroxyl groups excluding tert-OH is 1. The quantitative estimate of drug-likeness (QED) is 0.466. The van der Waals surface area contributed by atoms with Gasteiger partial charge in [-0.1, -0.05) is 35.9 Å². The lowest BCUT2D eigenvalue weighted by molar-refractivity contribution is 0.123. The molecule has 0 unspecified atom stereocenters. The van der Waals surface area contributed by atoms with Gasteiger partial charge in [0.25, 0.3) is 0 Å². The van der Waals surface area contributed by atoms with Gasteiger partial charge in [-0.25, -0.2) is 4.39 Å². The van der Waals surface area contributed by atoms with Gasteiger partial charge in [-0.05, 0) is 60.9 Å². The molecule has 0 amide bonds. The van der Waals surface area contributed by atoms with Gasteiger partial charge in [-0.2, -0.15) is 5.26 Å². The van der Waals surface area contributed by atoms with E-state index in [4.69, 9.17) is 21.6 Å². The predicted molar refractivity (Wildman–Crippen MR) is 136 cm³/mol. The molecule has 0 spiro atoms. The standard InChI is InChI=1S/C28H29ClFN3O2/c1-20(34)19-35-25-10-11-27(26(29)16-25)33-15-14-32(13-12-21-2-4-22(17-31)5-3-21)18-28(33)23-6-8-24(30)9-7-23/h2-11,16,20,28,34H,12-15,18-19H2,1H3/t20-,28+/m1/s1. The van der Waals surface area contributed by atoms with Gasteiger partial charge in [-0.3, -0.25) is 4.90 Å². The second kappa shape index (κ2) is 11.5. The summed E-state index contributed by atoms with van der Waals surface area (Å²) in [5.74, 6) is 0.352. The predicted octanol–water partition coefficient (Wildman–Crippen LogP) is 5.22. The molecule has 3 aromatic rings. The Kier molecular flexibility index (Phi) is 8.25. The molecule has 1 aliphatic rings. The summed E-state index contributed by atoms with van der Waals surface area (Å²) in [5.41, 5.74) is 3.79. The third-order valence-corrected chi connectivity index (χ3v) is 6.54. The molecule has 1 aliphatic heterocycles. The lowest BCUT2D eigenvalue weighted by Crippen LogP contribution is -2.49. The van der Waals surface area contributed by atoms with E-state index in [1.165, 1.54) is 17.7 Å². The number of nitriles is 1. The lowest BCUT2D eigenvalue weighted by atomic mass is 10.0. The monoisotopic (exact) mass is 493 g/mol. The Labute approximate surface area is 210 Å². The summed E-state index contributed by atoms with van der Waals surface area (Å²) in [4.78, 5) is 4.68. The van der Waals surface area contributed by atoms with E-state index in [-0.39, 0.29) is 18.5 Å². The number of hydrogen-bond acceptors (Lipinski definition) is 5. The van der Waals surface area contributed by atoms with Crippen LogP contribution >= 0.6 is 11.6 Å². The Morgan fingerprint density at radius 3 is 2.51 bits per heavy atom. The van der Waals surface area contributed by atoms with E-state index in [9.17, 15) is 9.50 Å². The minimum absolute atomic E-state index is 0.00653. The largest absolute Gasteiger partial charge is 0.491 e. The molecular weight excluding hydrogens is 465 g/mol. The van der Waals surface area contributed by atoms with Crippen molar-refractivity contribution in [2.45, 2.75) is 25.5 Å². The first-order valence-electron chi connectivity index (χ1n) is 11.8. The highest BCUT2D eigenvalue weighted by Crippen LogP contribution is 2.37. The minimum Gasteiger partial charge on any atom is -0.491 e. The van der Waals surface area contributed by atoms with Crippen LogP contribution in [0.4, 0.5) is 10.1 Å². The van der Waals surface area contributed by atoms with E-state index < -0.39 is 6.10 Å². The van der Waals surface area contributed by atoms with Gasteiger partial charge in [0, 0.05) is 32.2 Å². The van der Waals surface area contributed by atoms with Gasteiger partial charge >= 0.3 is 0 Å². The molecule has 1 saturated heterocycles. The van der Waals surface area contributed by atoms with Crippen molar-refractivity contribution in [3.8, 4) is 11.8 Å². The number of aliphatic hydroxyl groups is 1. The normalized spacial score (nSPS) is 17.1. The fraction of sp³-hybridized carbons (Fsp3) is 0.321. The van der Waals surface area contributed by atoms with Gasteiger partial charge in [0.1, 0.15) is 18.2 Å². The van der Waals surface area contributed by atoms with Crippen LogP contribution in [0.5, 0.6) is 5.75 Å². The van der Waals surface area contributed by atoms with Crippen molar-refractivity contribution in [2.24, 2.45) is 0 Å². The maximum atomic E-state index is 13.7. The summed E-state index contributed by atoms with van der Waals surface area (Å²) in [6.07, 6.45) is 0.325. The zero-order valence-corrected chi connectivity index (χ0v) is 20.5. The van der Waals surface area contributed by atoms with Crippen molar-refractivity contribution < 1.29 is 14.2 Å². The van der Waals surface area contributed by atoms with E-state index in [2.05, 4.69) is 15.9 Å². The zero-order valence-electron chi connectivity index (χ0n) is 19.7. The van der Waals surface area contributed by atoms with Crippen molar-refractivity contribution in [3.63, 3.8) is 0 Å². The van der Waals surface area contributed by atoms with Crippen LogP contribution in [0.3, 0.4) is 0 Å². The Morgan fingerprint density at radius 2 is 1.86 bits per heavy atom. The highest BCUT2D eigenvalue weighted by Gasteiger charge is 2.29. The fourth-order valence-electron chi connectivity index (χ4n) is 4.36. The maximum Gasteiger partial charge on any atom is 0.123 e. The molecule has 0 aliphatic carbocycles. The molecule has 1 N–H and O–H groups in total. The Hall–Kier alpha value is -3.11. The molecule has 0 radical (unpaired) electrons. The third-order valence-electron chi connectivity index (χ3n) is 6.24. The van der Waals surface area contributed by atoms with Gasteiger partial charge < -0.3 is 14.7 Å². The zero-order chi connectivity index (χ0) is 24.8. The van der Waals surface area contributed by atoms with Crippen LogP contribution in [-0.2, 0) is 6.42 Å². The Bertz CT molecular complexity index is 1160. The average Bonchev–Trinajstić information content (AvgIpc) is 2.87. The number of anilines is 1. The summed E-state index contributed by atoms with van der Waals surface area (Å²) in [5, 5.41) is 19.1.